The summed E-state index contributed by atoms with van der Waals surface area (Å²) in [6.07, 6.45) is 1.60. The van der Waals surface area contributed by atoms with E-state index >= 15 is 0 Å². The largest absolute Gasteiger partial charge is 0.387 e. The molecule has 0 aliphatic carbocycles. The predicted octanol–water partition coefficient (Wildman–Crippen LogP) is 2.60. The Morgan fingerprint density at radius 3 is 2.57 bits per heavy atom. The lowest BCUT2D eigenvalue weighted by Gasteiger charge is -2.25. The van der Waals surface area contributed by atoms with Crippen molar-refractivity contribution in [2.75, 3.05) is 31.1 Å². The standard InChI is InChI=1S/C19H23FN2O/c20-17-8-6-16(7-9-17)10-12-21-14-19(23)11-13-22(15-19)18-4-2-1-3-5-18/h1-9,21,23H,10-15H2. The van der Waals surface area contributed by atoms with Crippen molar-refractivity contribution in [3.05, 3.63) is 66.0 Å². The molecule has 1 aliphatic rings. The fraction of sp³-hybridized carbons (Fsp3) is 0.368. The molecule has 1 atom stereocenters. The summed E-state index contributed by atoms with van der Waals surface area (Å²) in [4.78, 5) is 2.22. The van der Waals surface area contributed by atoms with E-state index < -0.39 is 5.60 Å². The molecule has 0 amide bonds. The highest BCUT2D eigenvalue weighted by Crippen LogP contribution is 2.26. The van der Waals surface area contributed by atoms with Crippen LogP contribution in [0.15, 0.2) is 54.6 Å². The summed E-state index contributed by atoms with van der Waals surface area (Å²) in [6.45, 7) is 2.89. The molecular formula is C19H23FN2O. The quantitative estimate of drug-likeness (QED) is 0.805. The maximum absolute atomic E-state index is 12.9. The van der Waals surface area contributed by atoms with Gasteiger partial charge in [0.2, 0.25) is 0 Å². The summed E-state index contributed by atoms with van der Waals surface area (Å²) in [5, 5.41) is 14.0. The molecule has 1 fully saturated rings. The number of β-amino-alcohol motifs (C(OH)–C–C–N with tert-alkyl or cyclic N) is 1. The number of nitrogens with one attached hydrogen (secondary N) is 1. The van der Waals surface area contributed by atoms with Gasteiger partial charge in [-0.25, -0.2) is 4.39 Å². The van der Waals surface area contributed by atoms with Crippen molar-refractivity contribution in [3.63, 3.8) is 0 Å². The van der Waals surface area contributed by atoms with Gasteiger partial charge in [0.1, 0.15) is 5.82 Å². The minimum atomic E-state index is -0.682. The van der Waals surface area contributed by atoms with Crippen LogP contribution < -0.4 is 10.2 Å². The second-order valence-electron chi connectivity index (χ2n) is 6.28. The van der Waals surface area contributed by atoms with Gasteiger partial charge in [-0.3, -0.25) is 0 Å². The van der Waals surface area contributed by atoms with Crippen molar-refractivity contribution in [3.8, 4) is 0 Å². The number of anilines is 1. The molecule has 0 radical (unpaired) electrons. The van der Waals surface area contributed by atoms with Gasteiger partial charge in [0.25, 0.3) is 0 Å². The van der Waals surface area contributed by atoms with Gasteiger partial charge in [0, 0.05) is 25.3 Å². The molecule has 3 nitrogen and oxygen atoms in total. The first kappa shape index (κ1) is 16.0. The van der Waals surface area contributed by atoms with Crippen LogP contribution in [0.25, 0.3) is 0 Å². The molecule has 2 N–H and O–H groups in total. The van der Waals surface area contributed by atoms with Crippen LogP contribution in [0.4, 0.5) is 10.1 Å². The number of nitrogens with zero attached hydrogens (tertiary/aromatic N) is 1. The zero-order valence-electron chi connectivity index (χ0n) is 13.2. The Bertz CT molecular complexity index is 617. The molecule has 1 aliphatic heterocycles. The van der Waals surface area contributed by atoms with Crippen LogP contribution in [0, 0.1) is 5.82 Å². The number of hydrogen-bond donors (Lipinski definition) is 2. The van der Waals surface area contributed by atoms with Gasteiger partial charge in [-0.05, 0) is 49.2 Å². The molecule has 0 spiro atoms. The Balaban J connectivity index is 1.44. The summed E-state index contributed by atoms with van der Waals surface area (Å²) in [7, 11) is 0. The Morgan fingerprint density at radius 1 is 1.09 bits per heavy atom. The average Bonchev–Trinajstić information content (AvgIpc) is 2.97. The molecule has 0 saturated carbocycles. The summed E-state index contributed by atoms with van der Waals surface area (Å²) in [6, 6.07) is 16.8. The van der Waals surface area contributed by atoms with Crippen molar-refractivity contribution in [1.82, 2.24) is 5.32 Å². The van der Waals surface area contributed by atoms with E-state index in [2.05, 4.69) is 22.3 Å². The normalized spacial score (nSPS) is 20.9. The van der Waals surface area contributed by atoms with Crippen LogP contribution in [0.5, 0.6) is 0 Å². The minimum absolute atomic E-state index is 0.206. The number of halogens is 1. The van der Waals surface area contributed by atoms with Gasteiger partial charge in [-0.2, -0.15) is 0 Å². The molecule has 2 aromatic carbocycles. The molecule has 1 unspecified atom stereocenters. The van der Waals surface area contributed by atoms with Crippen LogP contribution in [-0.2, 0) is 6.42 Å². The number of para-hydroxylation sites is 1. The summed E-state index contributed by atoms with van der Waals surface area (Å²) >= 11 is 0. The average molecular weight is 314 g/mol. The second kappa shape index (κ2) is 7.11. The van der Waals surface area contributed by atoms with Crippen LogP contribution in [0.2, 0.25) is 0 Å². The van der Waals surface area contributed by atoms with Gasteiger partial charge >= 0.3 is 0 Å². The number of aliphatic hydroxyl groups is 1. The Kier molecular flexibility index (Phi) is 4.94. The monoisotopic (exact) mass is 314 g/mol. The predicted molar refractivity (Wildman–Crippen MR) is 91.2 cm³/mol. The highest BCUT2D eigenvalue weighted by atomic mass is 19.1. The first-order valence-electron chi connectivity index (χ1n) is 8.12. The van der Waals surface area contributed by atoms with Crippen molar-refractivity contribution in [1.29, 1.82) is 0 Å². The van der Waals surface area contributed by atoms with Gasteiger partial charge < -0.3 is 15.3 Å². The maximum atomic E-state index is 12.9. The van der Waals surface area contributed by atoms with E-state index in [1.807, 2.05) is 18.2 Å². The van der Waals surface area contributed by atoms with Gasteiger partial charge in [0.15, 0.2) is 0 Å². The Labute approximate surface area is 136 Å². The van der Waals surface area contributed by atoms with Crippen LogP contribution in [0.1, 0.15) is 12.0 Å². The molecule has 23 heavy (non-hydrogen) atoms. The topological polar surface area (TPSA) is 35.5 Å². The highest BCUT2D eigenvalue weighted by Gasteiger charge is 2.35. The fourth-order valence-corrected chi connectivity index (χ4v) is 3.06. The van der Waals surface area contributed by atoms with Crippen LogP contribution >= 0.6 is 0 Å². The smallest absolute Gasteiger partial charge is 0.123 e. The van der Waals surface area contributed by atoms with Crippen LogP contribution in [-0.4, -0.2) is 36.9 Å². The van der Waals surface area contributed by atoms with Gasteiger partial charge in [-0.15, -0.1) is 0 Å². The molecule has 4 heteroatoms. The van der Waals surface area contributed by atoms with E-state index in [1.165, 1.54) is 12.1 Å². The lowest BCUT2D eigenvalue weighted by molar-refractivity contribution is 0.0633. The third kappa shape index (κ3) is 4.30. The molecule has 1 saturated heterocycles. The number of benzene rings is 2. The van der Waals surface area contributed by atoms with E-state index in [-0.39, 0.29) is 5.82 Å². The van der Waals surface area contributed by atoms with Crippen molar-refractivity contribution in [2.45, 2.75) is 18.4 Å². The van der Waals surface area contributed by atoms with Crippen molar-refractivity contribution >= 4 is 5.69 Å². The van der Waals surface area contributed by atoms with Crippen molar-refractivity contribution < 1.29 is 9.50 Å². The van der Waals surface area contributed by atoms with E-state index in [0.717, 1.165) is 37.2 Å². The van der Waals surface area contributed by atoms with E-state index in [0.29, 0.717) is 13.1 Å². The summed E-state index contributed by atoms with van der Waals surface area (Å²) in [5.41, 5.74) is 1.58. The fourth-order valence-electron chi connectivity index (χ4n) is 3.06. The first-order chi connectivity index (χ1) is 11.1. The number of rotatable bonds is 6. The lowest BCUT2D eigenvalue weighted by atomic mass is 10.0. The third-order valence-corrected chi connectivity index (χ3v) is 4.41. The SMILES string of the molecule is OC1(CNCCc2ccc(F)cc2)CCN(c2ccccc2)C1. The molecule has 3 rings (SSSR count). The highest BCUT2D eigenvalue weighted by molar-refractivity contribution is 5.47. The maximum Gasteiger partial charge on any atom is 0.123 e. The molecule has 1 heterocycles. The molecule has 2 aromatic rings. The van der Waals surface area contributed by atoms with E-state index in [4.69, 9.17) is 0 Å². The lowest BCUT2D eigenvalue weighted by Crippen LogP contribution is -2.43. The van der Waals surface area contributed by atoms with E-state index in [1.54, 1.807) is 12.1 Å². The molecule has 122 valence electrons. The van der Waals surface area contributed by atoms with Crippen LogP contribution in [0.3, 0.4) is 0 Å². The number of hydrogen-bond acceptors (Lipinski definition) is 3. The zero-order chi connectivity index (χ0) is 16.1. The van der Waals surface area contributed by atoms with E-state index in [9.17, 15) is 9.50 Å². The Morgan fingerprint density at radius 2 is 1.83 bits per heavy atom. The van der Waals surface area contributed by atoms with Gasteiger partial charge in [-0.1, -0.05) is 30.3 Å². The molecule has 0 bridgehead atoms. The summed E-state index contributed by atoms with van der Waals surface area (Å²) < 4.78 is 12.9. The Hall–Kier alpha value is -1.91. The zero-order valence-corrected chi connectivity index (χ0v) is 13.2. The summed E-state index contributed by atoms with van der Waals surface area (Å²) in [5.74, 6) is -0.206. The third-order valence-electron chi connectivity index (χ3n) is 4.41. The minimum Gasteiger partial charge on any atom is -0.387 e. The molecule has 0 aromatic heterocycles. The second-order valence-corrected chi connectivity index (χ2v) is 6.28. The van der Waals surface area contributed by atoms with Crippen molar-refractivity contribution in [2.24, 2.45) is 0 Å². The first-order valence-corrected chi connectivity index (χ1v) is 8.12. The molecular weight excluding hydrogens is 291 g/mol. The van der Waals surface area contributed by atoms with Gasteiger partial charge in [0.05, 0.1) is 5.60 Å².